The molecular weight excluding hydrogens is 376 g/mol. The number of aromatic nitrogens is 4. The normalized spacial score (nSPS) is 10.6. The molecule has 0 fully saturated rings. The molecule has 8 nitrogen and oxygen atoms in total. The molecule has 0 aliphatic rings. The van der Waals surface area contributed by atoms with Crippen LogP contribution in [0.15, 0.2) is 60.5 Å². The summed E-state index contributed by atoms with van der Waals surface area (Å²) in [6.45, 7) is 0. The number of benzene rings is 1. The molecule has 138 valence electrons. The van der Waals surface area contributed by atoms with E-state index >= 15 is 0 Å². The van der Waals surface area contributed by atoms with E-state index in [1.807, 2.05) is 24.3 Å². The van der Waals surface area contributed by atoms with E-state index in [2.05, 4.69) is 30.6 Å². The van der Waals surface area contributed by atoms with Gasteiger partial charge in [0, 0.05) is 35.0 Å². The highest BCUT2D eigenvalue weighted by Crippen LogP contribution is 2.19. The van der Waals surface area contributed by atoms with E-state index in [4.69, 9.17) is 0 Å². The van der Waals surface area contributed by atoms with Gasteiger partial charge < -0.3 is 5.32 Å². The van der Waals surface area contributed by atoms with Crippen molar-refractivity contribution < 1.29 is 9.59 Å². The summed E-state index contributed by atoms with van der Waals surface area (Å²) in [5.41, 5.74) is 2.32. The number of fused-ring (bicyclic) bond motifs is 1. The molecule has 0 unspecified atom stereocenters. The molecule has 1 aromatic carbocycles. The van der Waals surface area contributed by atoms with Gasteiger partial charge in [-0.3, -0.25) is 24.9 Å². The van der Waals surface area contributed by atoms with Gasteiger partial charge in [0.15, 0.2) is 5.13 Å². The first-order chi connectivity index (χ1) is 13.7. The summed E-state index contributed by atoms with van der Waals surface area (Å²) in [6.07, 6.45) is 6.13. The van der Waals surface area contributed by atoms with Crippen molar-refractivity contribution in [3.63, 3.8) is 0 Å². The van der Waals surface area contributed by atoms with Gasteiger partial charge in [0.25, 0.3) is 5.91 Å². The second-order valence-electron chi connectivity index (χ2n) is 5.82. The zero-order chi connectivity index (χ0) is 19.3. The van der Waals surface area contributed by atoms with Gasteiger partial charge in [0.2, 0.25) is 5.91 Å². The highest BCUT2D eigenvalue weighted by molar-refractivity contribution is 7.14. The number of thiazole rings is 1. The number of hydrogen-bond donors (Lipinski definition) is 2. The Hall–Kier alpha value is -3.72. The number of rotatable bonds is 5. The van der Waals surface area contributed by atoms with Crippen LogP contribution in [0.25, 0.3) is 10.9 Å². The molecule has 2 N–H and O–H groups in total. The van der Waals surface area contributed by atoms with Crippen LogP contribution in [0, 0.1) is 0 Å². The molecule has 28 heavy (non-hydrogen) atoms. The van der Waals surface area contributed by atoms with Crippen molar-refractivity contribution >= 4 is 44.9 Å². The third-order valence-electron chi connectivity index (χ3n) is 3.80. The molecule has 3 aromatic heterocycles. The maximum absolute atomic E-state index is 12.3. The smallest absolute Gasteiger partial charge is 0.277 e. The molecule has 4 aromatic rings. The zero-order valence-corrected chi connectivity index (χ0v) is 15.3. The van der Waals surface area contributed by atoms with Gasteiger partial charge >= 0.3 is 0 Å². The molecule has 0 radical (unpaired) electrons. The fourth-order valence-corrected chi connectivity index (χ4v) is 3.25. The number of amides is 2. The maximum atomic E-state index is 12.3. The molecule has 0 aliphatic carbocycles. The number of anilines is 2. The largest absolute Gasteiger partial charge is 0.326 e. The van der Waals surface area contributed by atoms with Crippen molar-refractivity contribution in [3.8, 4) is 0 Å². The van der Waals surface area contributed by atoms with Crippen LogP contribution in [0.1, 0.15) is 16.2 Å². The topological polar surface area (TPSA) is 110 Å². The van der Waals surface area contributed by atoms with Gasteiger partial charge in [0.1, 0.15) is 5.69 Å². The van der Waals surface area contributed by atoms with Crippen LogP contribution in [-0.2, 0) is 11.2 Å². The summed E-state index contributed by atoms with van der Waals surface area (Å²) < 4.78 is 0. The van der Waals surface area contributed by atoms with Gasteiger partial charge in [-0.1, -0.05) is 6.07 Å². The van der Waals surface area contributed by atoms with Gasteiger partial charge in [-0.05, 0) is 24.3 Å². The van der Waals surface area contributed by atoms with E-state index in [9.17, 15) is 9.59 Å². The molecule has 0 saturated carbocycles. The molecule has 0 aliphatic heterocycles. The van der Waals surface area contributed by atoms with Gasteiger partial charge in [-0.25, -0.2) is 9.97 Å². The van der Waals surface area contributed by atoms with Crippen LogP contribution in [0.3, 0.4) is 0 Å². The number of hydrogen-bond acceptors (Lipinski definition) is 7. The number of carbonyl (C=O) groups excluding carboxylic acids is 2. The lowest BCUT2D eigenvalue weighted by Gasteiger charge is -2.05. The molecule has 9 heteroatoms. The number of pyridine rings is 1. The third-order valence-corrected chi connectivity index (χ3v) is 4.60. The highest BCUT2D eigenvalue weighted by Gasteiger charge is 2.12. The van der Waals surface area contributed by atoms with Crippen molar-refractivity contribution in [2.45, 2.75) is 6.42 Å². The Morgan fingerprint density at radius 1 is 1.04 bits per heavy atom. The van der Waals surface area contributed by atoms with E-state index in [0.29, 0.717) is 16.5 Å². The molecule has 0 saturated heterocycles. The van der Waals surface area contributed by atoms with Crippen LogP contribution < -0.4 is 10.6 Å². The Kier molecular flexibility index (Phi) is 4.98. The van der Waals surface area contributed by atoms with Crippen LogP contribution in [0.5, 0.6) is 0 Å². The van der Waals surface area contributed by atoms with Crippen molar-refractivity contribution in [3.05, 3.63) is 71.9 Å². The minimum absolute atomic E-state index is 0.0998. The van der Waals surface area contributed by atoms with Crippen LogP contribution in [0.2, 0.25) is 0 Å². The highest BCUT2D eigenvalue weighted by atomic mass is 32.1. The minimum atomic E-state index is -0.400. The Morgan fingerprint density at radius 3 is 2.82 bits per heavy atom. The maximum Gasteiger partial charge on any atom is 0.277 e. The van der Waals surface area contributed by atoms with E-state index in [0.717, 1.165) is 10.9 Å². The first-order valence-corrected chi connectivity index (χ1v) is 9.22. The van der Waals surface area contributed by atoms with Crippen LogP contribution in [0.4, 0.5) is 10.8 Å². The SMILES string of the molecule is O=C(Cc1csc(NC(=O)c2cnccn2)n1)Nc1ccc2ncccc2c1. The Balaban J connectivity index is 1.37. The predicted molar refractivity (Wildman–Crippen MR) is 106 cm³/mol. The summed E-state index contributed by atoms with van der Waals surface area (Å²) in [5.74, 6) is -0.594. The first kappa shape index (κ1) is 17.7. The lowest BCUT2D eigenvalue weighted by atomic mass is 10.2. The standard InChI is InChI=1S/C19H14N6O2S/c26-17(23-13-3-4-15-12(8-13)2-1-5-21-15)9-14-11-28-19(24-14)25-18(27)16-10-20-6-7-22-16/h1-8,10-11H,9H2,(H,23,26)(H,24,25,27). The molecule has 4 rings (SSSR count). The van der Waals surface area contributed by atoms with E-state index in [1.165, 1.54) is 29.9 Å². The minimum Gasteiger partial charge on any atom is -0.326 e. The zero-order valence-electron chi connectivity index (χ0n) is 14.5. The number of nitrogens with zero attached hydrogens (tertiary/aromatic N) is 4. The van der Waals surface area contributed by atoms with Gasteiger partial charge in [0.05, 0.1) is 23.8 Å². The summed E-state index contributed by atoms with van der Waals surface area (Å²) in [5, 5.41) is 8.58. The fraction of sp³-hybridized carbons (Fsp3) is 0.0526. The summed E-state index contributed by atoms with van der Waals surface area (Å²) in [4.78, 5) is 40.7. The van der Waals surface area contributed by atoms with E-state index in [1.54, 1.807) is 17.6 Å². The molecule has 0 atom stereocenters. The van der Waals surface area contributed by atoms with Crippen LogP contribution >= 0.6 is 11.3 Å². The van der Waals surface area contributed by atoms with Gasteiger partial charge in [-0.2, -0.15) is 0 Å². The second kappa shape index (κ2) is 7.89. The van der Waals surface area contributed by atoms with E-state index < -0.39 is 5.91 Å². The van der Waals surface area contributed by atoms with E-state index in [-0.39, 0.29) is 18.0 Å². The average molecular weight is 390 g/mol. The second-order valence-corrected chi connectivity index (χ2v) is 6.68. The summed E-state index contributed by atoms with van der Waals surface area (Å²) >= 11 is 1.24. The predicted octanol–water partition coefficient (Wildman–Crippen LogP) is 2.91. The molecule has 3 heterocycles. The van der Waals surface area contributed by atoms with Crippen LogP contribution in [-0.4, -0.2) is 31.8 Å². The number of nitrogens with one attached hydrogen (secondary N) is 2. The molecule has 0 spiro atoms. The summed E-state index contributed by atoms with van der Waals surface area (Å²) in [7, 11) is 0. The lowest BCUT2D eigenvalue weighted by molar-refractivity contribution is -0.115. The third kappa shape index (κ3) is 4.15. The summed E-state index contributed by atoms with van der Waals surface area (Å²) in [6, 6.07) is 9.31. The quantitative estimate of drug-likeness (QED) is 0.542. The monoisotopic (exact) mass is 390 g/mol. The average Bonchev–Trinajstić information content (AvgIpc) is 3.15. The molecule has 0 bridgehead atoms. The van der Waals surface area contributed by atoms with Crippen molar-refractivity contribution in [2.24, 2.45) is 0 Å². The Bertz CT molecular complexity index is 1150. The fourth-order valence-electron chi connectivity index (χ4n) is 2.55. The Labute approximate surface area is 163 Å². The molecular formula is C19H14N6O2S. The lowest BCUT2D eigenvalue weighted by Crippen LogP contribution is -2.15. The van der Waals surface area contributed by atoms with Crippen molar-refractivity contribution in [1.82, 2.24) is 19.9 Å². The molecule has 2 amide bonds. The Morgan fingerprint density at radius 2 is 1.96 bits per heavy atom. The van der Waals surface area contributed by atoms with Crippen molar-refractivity contribution in [1.29, 1.82) is 0 Å². The van der Waals surface area contributed by atoms with Crippen molar-refractivity contribution in [2.75, 3.05) is 10.6 Å². The van der Waals surface area contributed by atoms with Gasteiger partial charge in [-0.15, -0.1) is 11.3 Å². The number of carbonyl (C=O) groups is 2. The first-order valence-electron chi connectivity index (χ1n) is 8.34.